The minimum atomic E-state index is -0.0332. The van der Waals surface area contributed by atoms with E-state index in [9.17, 15) is 4.79 Å². The minimum absolute atomic E-state index is 0.0332. The number of rotatable bonds is 5. The highest BCUT2D eigenvalue weighted by Gasteiger charge is 2.17. The van der Waals surface area contributed by atoms with E-state index in [-0.39, 0.29) is 5.91 Å². The second-order valence-electron chi connectivity index (χ2n) is 7.34. The molecule has 1 amide bonds. The van der Waals surface area contributed by atoms with Crippen molar-refractivity contribution in [3.05, 3.63) is 48.3 Å². The Morgan fingerprint density at radius 3 is 2.62 bits per heavy atom. The number of aryl methyl sites for hydroxylation is 1. The van der Waals surface area contributed by atoms with Crippen LogP contribution in [-0.4, -0.2) is 70.4 Å². The van der Waals surface area contributed by atoms with Crippen molar-refractivity contribution in [2.45, 2.75) is 6.92 Å². The summed E-state index contributed by atoms with van der Waals surface area (Å²) in [6, 6.07) is 11.6. The van der Waals surface area contributed by atoms with Crippen LogP contribution < -0.4 is 10.6 Å². The molecular formula is C21H25N7O. The summed E-state index contributed by atoms with van der Waals surface area (Å²) in [5.41, 5.74) is 3.51. The lowest BCUT2D eigenvalue weighted by Crippen LogP contribution is -2.47. The summed E-state index contributed by atoms with van der Waals surface area (Å²) in [4.78, 5) is 30.4. The molecule has 0 aliphatic carbocycles. The molecule has 0 unspecified atom stereocenters. The van der Waals surface area contributed by atoms with Crippen LogP contribution in [0.4, 0.5) is 17.2 Å². The van der Waals surface area contributed by atoms with Crippen LogP contribution in [0.3, 0.4) is 0 Å². The number of aromatic nitrogens is 3. The third-order valence-electron chi connectivity index (χ3n) is 5.01. The summed E-state index contributed by atoms with van der Waals surface area (Å²) < 4.78 is 0. The van der Waals surface area contributed by atoms with E-state index in [0.29, 0.717) is 29.2 Å². The summed E-state index contributed by atoms with van der Waals surface area (Å²) in [7, 11) is 2.10. The average molecular weight is 391 g/mol. The Bertz CT molecular complexity index is 1000. The van der Waals surface area contributed by atoms with Gasteiger partial charge in [0.1, 0.15) is 5.52 Å². The Kier molecular flexibility index (Phi) is 5.64. The number of nitrogens with one attached hydrogen (secondary N) is 2. The Hall–Kier alpha value is -3.10. The van der Waals surface area contributed by atoms with Crippen LogP contribution in [0.15, 0.2) is 42.6 Å². The smallest absolute Gasteiger partial charge is 0.238 e. The maximum atomic E-state index is 12.5. The maximum absolute atomic E-state index is 12.5. The van der Waals surface area contributed by atoms with E-state index in [1.807, 2.05) is 43.3 Å². The molecule has 8 nitrogen and oxygen atoms in total. The number of hydrogen-bond acceptors (Lipinski definition) is 7. The van der Waals surface area contributed by atoms with Gasteiger partial charge in [0.25, 0.3) is 0 Å². The Morgan fingerprint density at radius 1 is 1.10 bits per heavy atom. The molecule has 1 aromatic carbocycles. The molecule has 8 heteroatoms. The first-order valence-corrected chi connectivity index (χ1v) is 9.74. The topological polar surface area (TPSA) is 86.3 Å². The zero-order valence-corrected chi connectivity index (χ0v) is 16.7. The number of fused-ring (bicyclic) bond motifs is 1. The number of carbonyl (C=O) groups is 1. The number of pyridine rings is 1. The zero-order valence-electron chi connectivity index (χ0n) is 16.7. The van der Waals surface area contributed by atoms with Gasteiger partial charge in [-0.25, -0.2) is 15.0 Å². The molecular weight excluding hydrogens is 366 g/mol. The number of carbonyl (C=O) groups excluding carboxylic acids is 1. The Morgan fingerprint density at radius 2 is 1.86 bits per heavy atom. The molecule has 1 aliphatic heterocycles. The fourth-order valence-corrected chi connectivity index (χ4v) is 3.29. The van der Waals surface area contributed by atoms with E-state index in [2.05, 4.69) is 42.4 Å². The average Bonchev–Trinajstić information content (AvgIpc) is 2.71. The van der Waals surface area contributed by atoms with E-state index < -0.39 is 0 Å². The molecule has 4 rings (SSSR count). The fourth-order valence-electron chi connectivity index (χ4n) is 3.29. The van der Waals surface area contributed by atoms with E-state index in [0.717, 1.165) is 37.6 Å². The molecule has 0 spiro atoms. The first-order valence-electron chi connectivity index (χ1n) is 9.74. The quantitative estimate of drug-likeness (QED) is 0.690. The van der Waals surface area contributed by atoms with Crippen molar-refractivity contribution in [2.75, 3.05) is 50.4 Å². The Balaban J connectivity index is 1.45. The molecule has 1 fully saturated rings. The van der Waals surface area contributed by atoms with Crippen LogP contribution >= 0.6 is 0 Å². The van der Waals surface area contributed by atoms with Crippen molar-refractivity contribution in [1.29, 1.82) is 0 Å². The number of piperazine rings is 1. The van der Waals surface area contributed by atoms with E-state index in [1.165, 1.54) is 0 Å². The van der Waals surface area contributed by atoms with Crippen molar-refractivity contribution in [3.8, 4) is 0 Å². The highest BCUT2D eigenvalue weighted by Crippen LogP contribution is 2.20. The third kappa shape index (κ3) is 4.85. The number of para-hydroxylation sites is 1. The minimum Gasteiger partial charge on any atom is -0.339 e. The van der Waals surface area contributed by atoms with Crippen LogP contribution in [0.5, 0.6) is 0 Å². The van der Waals surface area contributed by atoms with Crippen molar-refractivity contribution >= 4 is 34.3 Å². The third-order valence-corrected chi connectivity index (χ3v) is 5.01. The SMILES string of the molecule is Cc1nc2nc(Nc3ccccc3)cnc2cc1NC(=O)CN1CCN(C)CC1. The lowest BCUT2D eigenvalue weighted by molar-refractivity contribution is -0.117. The van der Waals surface area contributed by atoms with Gasteiger partial charge in [0.05, 0.1) is 24.1 Å². The van der Waals surface area contributed by atoms with E-state index in [1.54, 1.807) is 6.20 Å². The molecule has 0 bridgehead atoms. The number of anilines is 3. The molecule has 2 aromatic heterocycles. The largest absolute Gasteiger partial charge is 0.339 e. The maximum Gasteiger partial charge on any atom is 0.238 e. The number of benzene rings is 1. The first-order chi connectivity index (χ1) is 14.1. The van der Waals surface area contributed by atoms with Crippen molar-refractivity contribution in [2.24, 2.45) is 0 Å². The van der Waals surface area contributed by atoms with Gasteiger partial charge in [0, 0.05) is 31.9 Å². The van der Waals surface area contributed by atoms with Crippen LogP contribution in [0.1, 0.15) is 5.69 Å². The molecule has 0 atom stereocenters. The number of likely N-dealkylation sites (N-methyl/N-ethyl adjacent to an activating group) is 1. The molecule has 0 saturated carbocycles. The standard InChI is InChI=1S/C21H25N7O/c1-15-17(25-20(29)14-28-10-8-27(2)9-11-28)12-18-21(23-15)26-19(13-22-18)24-16-6-4-3-5-7-16/h3-7,12-13H,8-11,14H2,1-2H3,(H,25,29)(H,23,24,26). The van der Waals surface area contributed by atoms with Gasteiger partial charge in [0.2, 0.25) is 5.91 Å². The van der Waals surface area contributed by atoms with Gasteiger partial charge in [0.15, 0.2) is 11.5 Å². The first kappa shape index (κ1) is 19.2. The molecule has 29 heavy (non-hydrogen) atoms. The van der Waals surface area contributed by atoms with Gasteiger partial charge in [-0.15, -0.1) is 0 Å². The van der Waals surface area contributed by atoms with Crippen molar-refractivity contribution in [3.63, 3.8) is 0 Å². The lowest BCUT2D eigenvalue weighted by atomic mass is 10.2. The van der Waals surface area contributed by atoms with Crippen LogP contribution in [0, 0.1) is 6.92 Å². The molecule has 150 valence electrons. The normalized spacial score (nSPS) is 15.4. The van der Waals surface area contributed by atoms with E-state index >= 15 is 0 Å². The van der Waals surface area contributed by atoms with Crippen LogP contribution in [-0.2, 0) is 4.79 Å². The summed E-state index contributed by atoms with van der Waals surface area (Å²) in [5.74, 6) is 0.594. The van der Waals surface area contributed by atoms with Gasteiger partial charge in [-0.3, -0.25) is 9.69 Å². The van der Waals surface area contributed by atoms with E-state index in [4.69, 9.17) is 0 Å². The lowest BCUT2D eigenvalue weighted by Gasteiger charge is -2.31. The van der Waals surface area contributed by atoms with Gasteiger partial charge in [-0.1, -0.05) is 18.2 Å². The van der Waals surface area contributed by atoms with Gasteiger partial charge in [-0.2, -0.15) is 0 Å². The Labute approximate surface area is 170 Å². The van der Waals surface area contributed by atoms with Crippen molar-refractivity contribution in [1.82, 2.24) is 24.8 Å². The predicted molar refractivity (Wildman–Crippen MR) is 114 cm³/mol. The number of amides is 1. The number of hydrogen-bond donors (Lipinski definition) is 2. The predicted octanol–water partition coefficient (Wildman–Crippen LogP) is 2.26. The summed E-state index contributed by atoms with van der Waals surface area (Å²) >= 11 is 0. The molecule has 0 radical (unpaired) electrons. The van der Waals surface area contributed by atoms with Crippen LogP contribution in [0.2, 0.25) is 0 Å². The molecule has 1 aliphatic rings. The van der Waals surface area contributed by atoms with Gasteiger partial charge in [-0.05, 0) is 32.2 Å². The number of nitrogens with zero attached hydrogens (tertiary/aromatic N) is 5. The molecule has 1 saturated heterocycles. The zero-order chi connectivity index (χ0) is 20.2. The van der Waals surface area contributed by atoms with Crippen LogP contribution in [0.25, 0.3) is 11.2 Å². The summed E-state index contributed by atoms with van der Waals surface area (Å²) in [5, 5.41) is 6.19. The monoisotopic (exact) mass is 391 g/mol. The molecule has 3 heterocycles. The second-order valence-corrected chi connectivity index (χ2v) is 7.34. The highest BCUT2D eigenvalue weighted by molar-refractivity contribution is 5.94. The van der Waals surface area contributed by atoms with Gasteiger partial charge < -0.3 is 15.5 Å². The summed E-state index contributed by atoms with van der Waals surface area (Å²) in [6.07, 6.45) is 1.67. The fraction of sp³-hybridized carbons (Fsp3) is 0.333. The van der Waals surface area contributed by atoms with Gasteiger partial charge >= 0.3 is 0 Å². The van der Waals surface area contributed by atoms with Crippen molar-refractivity contribution < 1.29 is 4.79 Å². The second kappa shape index (κ2) is 8.50. The summed E-state index contributed by atoms with van der Waals surface area (Å²) in [6.45, 7) is 6.03. The molecule has 2 N–H and O–H groups in total. The highest BCUT2D eigenvalue weighted by atomic mass is 16.2. The molecule has 3 aromatic rings.